The van der Waals surface area contributed by atoms with Crippen molar-refractivity contribution < 1.29 is 14.2 Å². The van der Waals surface area contributed by atoms with Crippen molar-refractivity contribution in [2.45, 2.75) is 12.1 Å². The number of hydrogen-bond donors (Lipinski definition) is 1. The highest BCUT2D eigenvalue weighted by Crippen LogP contribution is 2.51. The topological polar surface area (TPSA) is 70.4 Å². The van der Waals surface area contributed by atoms with Crippen LogP contribution >= 0.6 is 0 Å². The average molecular weight is 438 g/mol. The Bertz CT molecular complexity index is 1360. The third-order valence-electron chi connectivity index (χ3n) is 6.15. The first kappa shape index (κ1) is 19.4. The van der Waals surface area contributed by atoms with Crippen molar-refractivity contribution in [2.24, 2.45) is 0 Å². The Hall–Kier alpha value is -4.26. The summed E-state index contributed by atoms with van der Waals surface area (Å²) >= 11 is 0. The van der Waals surface area contributed by atoms with E-state index in [1.165, 1.54) is 0 Å². The summed E-state index contributed by atoms with van der Waals surface area (Å²) in [5.74, 6) is 2.83. The van der Waals surface area contributed by atoms with E-state index in [1.54, 1.807) is 20.5 Å². The SMILES string of the molecule is COc1ccc([C@@H]2Oc3ccccc3C3=C2[C@@H](c2ccccc2)n2ncnc2N3)cc1OC. The number of para-hydroxylation sites is 1. The van der Waals surface area contributed by atoms with Gasteiger partial charge in [0.05, 0.1) is 19.9 Å². The molecule has 0 aliphatic carbocycles. The first-order chi connectivity index (χ1) is 16.3. The van der Waals surface area contributed by atoms with Gasteiger partial charge >= 0.3 is 0 Å². The van der Waals surface area contributed by atoms with E-state index in [0.717, 1.165) is 33.7 Å². The Morgan fingerprint density at radius 1 is 0.879 bits per heavy atom. The summed E-state index contributed by atoms with van der Waals surface area (Å²) in [6, 6.07) is 24.1. The molecule has 2 atom stereocenters. The van der Waals surface area contributed by atoms with Crippen LogP contribution < -0.4 is 19.5 Å². The minimum absolute atomic E-state index is 0.189. The molecule has 4 aromatic rings. The smallest absolute Gasteiger partial charge is 0.226 e. The van der Waals surface area contributed by atoms with E-state index in [9.17, 15) is 0 Å². The maximum Gasteiger partial charge on any atom is 0.226 e. The van der Waals surface area contributed by atoms with Gasteiger partial charge in [-0.15, -0.1) is 0 Å². The molecule has 0 unspecified atom stereocenters. The van der Waals surface area contributed by atoms with E-state index in [1.807, 2.05) is 59.3 Å². The molecular weight excluding hydrogens is 416 g/mol. The molecule has 33 heavy (non-hydrogen) atoms. The number of hydrogen-bond acceptors (Lipinski definition) is 6. The second-order valence-corrected chi connectivity index (χ2v) is 7.91. The quantitative estimate of drug-likeness (QED) is 0.491. The van der Waals surface area contributed by atoms with Gasteiger partial charge in [-0.2, -0.15) is 10.1 Å². The molecule has 0 amide bonds. The van der Waals surface area contributed by atoms with Crippen molar-refractivity contribution in [1.29, 1.82) is 0 Å². The van der Waals surface area contributed by atoms with E-state index < -0.39 is 0 Å². The molecule has 0 spiro atoms. The molecule has 1 aromatic heterocycles. The van der Waals surface area contributed by atoms with Crippen LogP contribution in [0.25, 0.3) is 5.70 Å². The Morgan fingerprint density at radius 2 is 1.67 bits per heavy atom. The van der Waals surface area contributed by atoms with Crippen LogP contribution in [-0.4, -0.2) is 29.0 Å². The van der Waals surface area contributed by atoms with E-state index in [4.69, 9.17) is 14.2 Å². The van der Waals surface area contributed by atoms with Gasteiger partial charge in [-0.25, -0.2) is 4.68 Å². The van der Waals surface area contributed by atoms with Crippen LogP contribution in [0.3, 0.4) is 0 Å². The Kier molecular flexibility index (Phi) is 4.54. The maximum atomic E-state index is 6.65. The summed E-state index contributed by atoms with van der Waals surface area (Å²) in [6.07, 6.45) is 1.21. The molecule has 3 aromatic carbocycles. The second-order valence-electron chi connectivity index (χ2n) is 7.91. The molecule has 0 fully saturated rings. The fourth-order valence-corrected chi connectivity index (χ4v) is 4.66. The van der Waals surface area contributed by atoms with Gasteiger partial charge < -0.3 is 19.5 Å². The number of rotatable bonds is 4. The van der Waals surface area contributed by atoms with E-state index >= 15 is 0 Å². The molecule has 7 nitrogen and oxygen atoms in total. The van der Waals surface area contributed by atoms with E-state index in [0.29, 0.717) is 17.4 Å². The van der Waals surface area contributed by atoms with Crippen LogP contribution in [0.4, 0.5) is 5.95 Å². The summed E-state index contributed by atoms with van der Waals surface area (Å²) in [6.45, 7) is 0. The minimum Gasteiger partial charge on any atom is -0.493 e. The highest BCUT2D eigenvalue weighted by atomic mass is 16.5. The molecule has 164 valence electrons. The number of fused-ring (bicyclic) bond motifs is 3. The lowest BCUT2D eigenvalue weighted by molar-refractivity contribution is 0.222. The summed E-state index contributed by atoms with van der Waals surface area (Å²) in [4.78, 5) is 4.47. The van der Waals surface area contributed by atoms with Crippen LogP contribution in [0.15, 0.2) is 84.7 Å². The van der Waals surface area contributed by atoms with Crippen molar-refractivity contribution in [3.05, 3.63) is 101 Å². The fraction of sp³-hybridized carbons (Fsp3) is 0.154. The van der Waals surface area contributed by atoms with Crippen molar-refractivity contribution in [2.75, 3.05) is 19.5 Å². The van der Waals surface area contributed by atoms with Gasteiger partial charge in [0.15, 0.2) is 11.5 Å². The molecule has 1 N–H and O–H groups in total. The van der Waals surface area contributed by atoms with Gasteiger partial charge in [0.25, 0.3) is 0 Å². The van der Waals surface area contributed by atoms with Gasteiger partial charge in [-0.05, 0) is 29.8 Å². The molecule has 0 bridgehead atoms. The number of anilines is 1. The van der Waals surface area contributed by atoms with Gasteiger partial charge in [0.1, 0.15) is 24.2 Å². The van der Waals surface area contributed by atoms with Gasteiger partial charge in [0.2, 0.25) is 5.95 Å². The number of ether oxygens (including phenoxy) is 3. The van der Waals surface area contributed by atoms with Crippen molar-refractivity contribution >= 4 is 11.6 Å². The molecule has 7 heteroatoms. The number of aromatic nitrogens is 3. The zero-order valence-electron chi connectivity index (χ0n) is 18.2. The van der Waals surface area contributed by atoms with Crippen molar-refractivity contribution in [1.82, 2.24) is 14.8 Å². The van der Waals surface area contributed by atoms with E-state index in [2.05, 4.69) is 33.6 Å². The van der Waals surface area contributed by atoms with Crippen molar-refractivity contribution in [3.8, 4) is 17.2 Å². The molecular formula is C26H22N4O3. The summed E-state index contributed by atoms with van der Waals surface area (Å²) in [5, 5.41) is 8.08. The average Bonchev–Trinajstić information content (AvgIpc) is 3.35. The van der Waals surface area contributed by atoms with Crippen LogP contribution in [0, 0.1) is 0 Å². The highest BCUT2D eigenvalue weighted by molar-refractivity contribution is 5.85. The minimum atomic E-state index is -0.371. The normalized spacial score (nSPS) is 18.4. The standard InChI is InChI=1S/C26H22N4O3/c1-31-20-13-12-17(14-21(20)32-2)25-22-23(18-10-6-7-11-19(18)33-25)29-26-27-15-28-30(26)24(22)16-8-4-3-5-9-16/h3-15,24-25H,1-2H3,(H,27,28,29)/t24-,25+/m1/s1. The first-order valence-corrected chi connectivity index (χ1v) is 10.7. The third-order valence-corrected chi connectivity index (χ3v) is 6.15. The second kappa shape index (κ2) is 7.70. The zero-order chi connectivity index (χ0) is 22.4. The predicted octanol–water partition coefficient (Wildman–Crippen LogP) is 4.86. The van der Waals surface area contributed by atoms with Gasteiger partial charge in [-0.3, -0.25) is 0 Å². The summed E-state index contributed by atoms with van der Waals surface area (Å²) < 4.78 is 19.6. The fourth-order valence-electron chi connectivity index (χ4n) is 4.66. The number of methoxy groups -OCH3 is 2. The number of benzene rings is 3. The first-order valence-electron chi connectivity index (χ1n) is 10.7. The Morgan fingerprint density at radius 3 is 2.48 bits per heavy atom. The zero-order valence-corrected chi connectivity index (χ0v) is 18.2. The molecule has 2 aliphatic heterocycles. The van der Waals surface area contributed by atoms with Crippen LogP contribution in [0.1, 0.15) is 28.8 Å². The van der Waals surface area contributed by atoms with Gasteiger partial charge in [0, 0.05) is 16.7 Å². The summed E-state index contributed by atoms with van der Waals surface area (Å²) in [5.41, 5.74) is 5.11. The Labute approximate surface area is 191 Å². The molecule has 3 heterocycles. The molecule has 0 saturated carbocycles. The summed E-state index contributed by atoms with van der Waals surface area (Å²) in [7, 11) is 3.27. The van der Waals surface area contributed by atoms with Crippen molar-refractivity contribution in [3.63, 3.8) is 0 Å². The van der Waals surface area contributed by atoms with Gasteiger partial charge in [-0.1, -0.05) is 48.5 Å². The highest BCUT2D eigenvalue weighted by Gasteiger charge is 2.41. The predicted molar refractivity (Wildman–Crippen MR) is 125 cm³/mol. The largest absolute Gasteiger partial charge is 0.493 e. The lowest BCUT2D eigenvalue weighted by Crippen LogP contribution is -2.32. The monoisotopic (exact) mass is 438 g/mol. The van der Waals surface area contributed by atoms with Crippen LogP contribution in [0.2, 0.25) is 0 Å². The molecule has 0 radical (unpaired) electrons. The molecule has 6 rings (SSSR count). The maximum absolute atomic E-state index is 6.65. The lowest BCUT2D eigenvalue weighted by atomic mass is 9.84. The molecule has 0 saturated heterocycles. The van der Waals surface area contributed by atoms with Crippen LogP contribution in [0.5, 0.6) is 17.2 Å². The van der Waals surface area contributed by atoms with Crippen LogP contribution in [-0.2, 0) is 0 Å². The third kappa shape index (κ3) is 3.04. The van der Waals surface area contributed by atoms with E-state index in [-0.39, 0.29) is 12.1 Å². The number of nitrogens with zero attached hydrogens (tertiary/aromatic N) is 3. The lowest BCUT2D eigenvalue weighted by Gasteiger charge is -2.39. The number of nitrogens with one attached hydrogen (secondary N) is 1. The Balaban J connectivity index is 1.60. The molecule has 2 aliphatic rings.